The van der Waals surface area contributed by atoms with Crippen molar-refractivity contribution in [3.05, 3.63) is 45.8 Å². The molecule has 0 spiro atoms. The van der Waals surface area contributed by atoms with Gasteiger partial charge in [0.15, 0.2) is 0 Å². The number of carbonyl (C=O) groups excluding carboxylic acids is 3. The first-order valence-electron chi connectivity index (χ1n) is 7.77. The van der Waals surface area contributed by atoms with Gasteiger partial charge in [0.1, 0.15) is 27.8 Å². The van der Waals surface area contributed by atoms with E-state index in [2.05, 4.69) is 0 Å². The average molecular weight is 393 g/mol. The van der Waals surface area contributed by atoms with E-state index in [-0.39, 0.29) is 34.0 Å². The minimum atomic E-state index is -0.722. The van der Waals surface area contributed by atoms with Crippen LogP contribution < -0.4 is 10.5 Å². The number of ether oxygens (including phenoxy) is 4. The average Bonchev–Trinajstić information content (AvgIpc) is 3.01. The van der Waals surface area contributed by atoms with Crippen LogP contribution >= 0.6 is 11.3 Å². The second-order valence-corrected chi connectivity index (χ2v) is 6.37. The molecule has 2 N–H and O–H groups in total. The molecule has 0 unspecified atom stereocenters. The fraction of sp³-hybridized carbons (Fsp3) is 0.278. The number of anilines is 1. The molecule has 0 radical (unpaired) electrons. The van der Waals surface area contributed by atoms with Gasteiger partial charge in [-0.15, -0.1) is 11.3 Å². The zero-order valence-corrected chi connectivity index (χ0v) is 15.9. The highest BCUT2D eigenvalue weighted by Crippen LogP contribution is 2.33. The third-order valence-corrected chi connectivity index (χ3v) is 4.72. The molecule has 0 amide bonds. The fourth-order valence-corrected chi connectivity index (χ4v) is 3.30. The van der Waals surface area contributed by atoms with Crippen molar-refractivity contribution in [2.24, 2.45) is 0 Å². The summed E-state index contributed by atoms with van der Waals surface area (Å²) in [5, 5.41) is 0.0865. The second kappa shape index (κ2) is 9.04. The highest BCUT2D eigenvalue weighted by molar-refractivity contribution is 7.18. The van der Waals surface area contributed by atoms with Crippen LogP contribution in [0, 0.1) is 0 Å². The van der Waals surface area contributed by atoms with E-state index < -0.39 is 17.9 Å². The molecule has 0 saturated carbocycles. The van der Waals surface area contributed by atoms with Crippen molar-refractivity contribution in [3.8, 4) is 5.75 Å². The molecule has 0 aliphatic carbocycles. The Morgan fingerprint density at radius 1 is 1.00 bits per heavy atom. The molecule has 0 bridgehead atoms. The van der Waals surface area contributed by atoms with Crippen LogP contribution in [0.1, 0.15) is 31.2 Å². The highest BCUT2D eigenvalue weighted by atomic mass is 32.1. The van der Waals surface area contributed by atoms with Crippen molar-refractivity contribution >= 4 is 34.2 Å². The predicted octanol–water partition coefficient (Wildman–Crippen LogP) is 2.20. The lowest BCUT2D eigenvalue weighted by atomic mass is 10.1. The number of carbonyl (C=O) groups is 3. The van der Waals surface area contributed by atoms with Crippen LogP contribution in [-0.4, -0.2) is 39.2 Å². The SMILES string of the molecule is COC(=O)c1sc(N)c(C(=O)OC)c1COC(=O)Cc1ccc(OC)cc1. The quantitative estimate of drug-likeness (QED) is 0.562. The van der Waals surface area contributed by atoms with E-state index in [1.54, 1.807) is 31.4 Å². The minimum Gasteiger partial charge on any atom is -0.497 e. The number of benzene rings is 1. The lowest BCUT2D eigenvalue weighted by Crippen LogP contribution is -2.13. The summed E-state index contributed by atoms with van der Waals surface area (Å²) in [7, 11) is 3.94. The molecular formula is C18H19NO7S. The Morgan fingerprint density at radius 3 is 2.19 bits per heavy atom. The maximum Gasteiger partial charge on any atom is 0.348 e. The van der Waals surface area contributed by atoms with Crippen LogP contribution in [0.3, 0.4) is 0 Å². The molecule has 0 saturated heterocycles. The number of nitrogen functional groups attached to an aromatic ring is 1. The third-order valence-electron chi connectivity index (χ3n) is 3.68. The standard InChI is InChI=1S/C18H19NO7S/c1-23-11-6-4-10(5-7-11)8-13(20)26-9-12-14(17(21)24-2)16(19)27-15(12)18(22)25-3/h4-7H,8-9,19H2,1-3H3. The number of hydrogen-bond acceptors (Lipinski definition) is 9. The second-order valence-electron chi connectivity index (χ2n) is 5.32. The van der Waals surface area contributed by atoms with Gasteiger partial charge in [-0.25, -0.2) is 9.59 Å². The first-order chi connectivity index (χ1) is 12.9. The van der Waals surface area contributed by atoms with Crippen molar-refractivity contribution in [2.45, 2.75) is 13.0 Å². The van der Waals surface area contributed by atoms with Gasteiger partial charge in [0, 0.05) is 5.56 Å². The van der Waals surface area contributed by atoms with E-state index in [1.807, 2.05) is 0 Å². The van der Waals surface area contributed by atoms with Crippen LogP contribution in [-0.2, 0) is 32.0 Å². The Morgan fingerprint density at radius 2 is 1.63 bits per heavy atom. The molecule has 0 aliphatic heterocycles. The molecule has 0 aliphatic rings. The van der Waals surface area contributed by atoms with Gasteiger partial charge < -0.3 is 24.7 Å². The predicted molar refractivity (Wildman–Crippen MR) is 97.9 cm³/mol. The molecule has 27 heavy (non-hydrogen) atoms. The highest BCUT2D eigenvalue weighted by Gasteiger charge is 2.28. The monoisotopic (exact) mass is 393 g/mol. The van der Waals surface area contributed by atoms with Crippen molar-refractivity contribution in [1.82, 2.24) is 0 Å². The zero-order chi connectivity index (χ0) is 20.0. The number of methoxy groups -OCH3 is 3. The summed E-state index contributed by atoms with van der Waals surface area (Å²) in [6.07, 6.45) is 0.0186. The molecule has 8 nitrogen and oxygen atoms in total. The van der Waals surface area contributed by atoms with Gasteiger partial charge in [0.25, 0.3) is 0 Å². The molecule has 0 fully saturated rings. The molecule has 1 heterocycles. The summed E-state index contributed by atoms with van der Waals surface area (Å²) in [5.74, 6) is -1.26. The first-order valence-corrected chi connectivity index (χ1v) is 8.59. The number of rotatable bonds is 7. The molecule has 2 aromatic rings. The first kappa shape index (κ1) is 20.2. The van der Waals surface area contributed by atoms with E-state index in [4.69, 9.17) is 24.7 Å². The summed E-state index contributed by atoms with van der Waals surface area (Å²) in [5.41, 5.74) is 6.72. The van der Waals surface area contributed by atoms with Gasteiger partial charge in [0.05, 0.1) is 27.8 Å². The number of esters is 3. The van der Waals surface area contributed by atoms with Crippen molar-refractivity contribution in [2.75, 3.05) is 27.1 Å². The summed E-state index contributed by atoms with van der Waals surface area (Å²) >= 11 is 0.874. The summed E-state index contributed by atoms with van der Waals surface area (Å²) in [6, 6.07) is 6.94. The van der Waals surface area contributed by atoms with Crippen molar-refractivity contribution in [1.29, 1.82) is 0 Å². The fourth-order valence-electron chi connectivity index (χ4n) is 2.32. The van der Waals surface area contributed by atoms with Crippen molar-refractivity contribution in [3.63, 3.8) is 0 Å². The molecular weight excluding hydrogens is 374 g/mol. The normalized spacial score (nSPS) is 10.2. The van der Waals surface area contributed by atoms with Crippen LogP contribution in [0.25, 0.3) is 0 Å². The maximum atomic E-state index is 12.1. The topological polar surface area (TPSA) is 114 Å². The summed E-state index contributed by atoms with van der Waals surface area (Å²) in [6.45, 7) is -0.308. The number of hydrogen-bond donors (Lipinski definition) is 1. The van der Waals surface area contributed by atoms with Gasteiger partial charge in [0.2, 0.25) is 0 Å². The smallest absolute Gasteiger partial charge is 0.348 e. The lowest BCUT2D eigenvalue weighted by Gasteiger charge is -2.08. The van der Waals surface area contributed by atoms with Crippen LogP contribution in [0.15, 0.2) is 24.3 Å². The van der Waals surface area contributed by atoms with Crippen LogP contribution in [0.4, 0.5) is 5.00 Å². The van der Waals surface area contributed by atoms with Gasteiger partial charge >= 0.3 is 17.9 Å². The number of nitrogens with two attached hydrogens (primary N) is 1. The molecule has 144 valence electrons. The van der Waals surface area contributed by atoms with E-state index in [0.29, 0.717) is 5.75 Å². The Labute approximate surface area is 159 Å². The molecule has 2 rings (SSSR count). The minimum absolute atomic E-state index is 0.000137. The summed E-state index contributed by atoms with van der Waals surface area (Å²) in [4.78, 5) is 36.1. The van der Waals surface area contributed by atoms with E-state index in [0.717, 1.165) is 16.9 Å². The van der Waals surface area contributed by atoms with Crippen LogP contribution in [0.2, 0.25) is 0 Å². The van der Waals surface area contributed by atoms with E-state index >= 15 is 0 Å². The summed E-state index contributed by atoms with van der Waals surface area (Å²) < 4.78 is 19.7. The van der Waals surface area contributed by atoms with Gasteiger partial charge in [-0.2, -0.15) is 0 Å². The van der Waals surface area contributed by atoms with Gasteiger partial charge in [-0.05, 0) is 17.7 Å². The third kappa shape index (κ3) is 4.76. The molecule has 0 atom stereocenters. The number of thiophene rings is 1. The Hall–Kier alpha value is -3.07. The Balaban J connectivity index is 2.16. The van der Waals surface area contributed by atoms with Crippen LogP contribution in [0.5, 0.6) is 5.75 Å². The van der Waals surface area contributed by atoms with E-state index in [1.165, 1.54) is 14.2 Å². The van der Waals surface area contributed by atoms with Gasteiger partial charge in [-0.1, -0.05) is 12.1 Å². The largest absolute Gasteiger partial charge is 0.497 e. The molecule has 1 aromatic heterocycles. The zero-order valence-electron chi connectivity index (χ0n) is 15.1. The lowest BCUT2D eigenvalue weighted by molar-refractivity contribution is -0.144. The molecule has 1 aromatic carbocycles. The molecule has 9 heteroatoms. The maximum absolute atomic E-state index is 12.1. The Bertz CT molecular complexity index is 842. The van der Waals surface area contributed by atoms with E-state index in [9.17, 15) is 14.4 Å². The van der Waals surface area contributed by atoms with Gasteiger partial charge in [-0.3, -0.25) is 4.79 Å². The van der Waals surface area contributed by atoms with Crippen molar-refractivity contribution < 1.29 is 33.3 Å². The Kier molecular flexibility index (Phi) is 6.78.